The first-order valence-corrected chi connectivity index (χ1v) is 10.2. The fourth-order valence-corrected chi connectivity index (χ4v) is 3.67. The lowest BCUT2D eigenvalue weighted by atomic mass is 10.2. The molecule has 0 aliphatic rings. The lowest BCUT2D eigenvalue weighted by Gasteiger charge is -2.10. The Balaban J connectivity index is 1.73. The van der Waals surface area contributed by atoms with Crippen LogP contribution in [0, 0.1) is 0 Å². The van der Waals surface area contributed by atoms with Gasteiger partial charge in [0.2, 0.25) is 0 Å². The SMILES string of the molecule is O=C(Nc1ccc(O)c(Cl)c1)c1ccc(S(=O)(=O)Nc2ccc(Cl)cc2)cc1. The van der Waals surface area contributed by atoms with Crippen LogP contribution in [0.4, 0.5) is 11.4 Å². The maximum Gasteiger partial charge on any atom is 0.261 e. The maximum atomic E-state index is 12.4. The van der Waals surface area contributed by atoms with Crippen molar-refractivity contribution in [3.8, 4) is 5.75 Å². The maximum absolute atomic E-state index is 12.4. The molecule has 3 aromatic rings. The summed E-state index contributed by atoms with van der Waals surface area (Å²) in [6.07, 6.45) is 0. The number of phenolic OH excluding ortho intramolecular Hbond substituents is 1. The molecule has 0 aliphatic carbocycles. The Morgan fingerprint density at radius 3 is 2.07 bits per heavy atom. The summed E-state index contributed by atoms with van der Waals surface area (Å²) in [6, 6.07) is 15.9. The summed E-state index contributed by atoms with van der Waals surface area (Å²) < 4.78 is 27.3. The van der Waals surface area contributed by atoms with Crippen molar-refractivity contribution < 1.29 is 18.3 Å². The second-order valence-corrected chi connectivity index (χ2v) is 8.28. The van der Waals surface area contributed by atoms with Gasteiger partial charge >= 0.3 is 0 Å². The van der Waals surface area contributed by atoms with E-state index in [1.807, 2.05) is 0 Å². The van der Waals surface area contributed by atoms with Gasteiger partial charge in [0.15, 0.2) is 0 Å². The normalized spacial score (nSPS) is 11.1. The number of aromatic hydroxyl groups is 1. The molecule has 0 unspecified atom stereocenters. The smallest absolute Gasteiger partial charge is 0.261 e. The van der Waals surface area contributed by atoms with Crippen molar-refractivity contribution in [2.24, 2.45) is 0 Å². The van der Waals surface area contributed by atoms with Crippen LogP contribution in [-0.4, -0.2) is 19.4 Å². The van der Waals surface area contributed by atoms with Crippen LogP contribution >= 0.6 is 23.2 Å². The Bertz CT molecular complexity index is 1120. The monoisotopic (exact) mass is 436 g/mol. The van der Waals surface area contributed by atoms with E-state index in [9.17, 15) is 18.3 Å². The zero-order valence-corrected chi connectivity index (χ0v) is 16.5. The second kappa shape index (κ2) is 8.10. The molecule has 0 radical (unpaired) electrons. The van der Waals surface area contributed by atoms with Gasteiger partial charge in [-0.3, -0.25) is 9.52 Å². The van der Waals surface area contributed by atoms with Gasteiger partial charge in [0, 0.05) is 22.0 Å². The van der Waals surface area contributed by atoms with E-state index < -0.39 is 15.9 Å². The number of benzene rings is 3. The largest absolute Gasteiger partial charge is 0.506 e. The Hall–Kier alpha value is -2.74. The van der Waals surface area contributed by atoms with Gasteiger partial charge in [0.1, 0.15) is 5.75 Å². The summed E-state index contributed by atoms with van der Waals surface area (Å²) in [6.45, 7) is 0. The number of amides is 1. The molecule has 0 atom stereocenters. The number of rotatable bonds is 5. The van der Waals surface area contributed by atoms with Gasteiger partial charge in [-0.25, -0.2) is 8.42 Å². The van der Waals surface area contributed by atoms with Crippen molar-refractivity contribution in [2.45, 2.75) is 4.90 Å². The molecule has 0 spiro atoms. The fraction of sp³-hybridized carbons (Fsp3) is 0. The zero-order valence-electron chi connectivity index (χ0n) is 14.2. The minimum absolute atomic E-state index is 0.00618. The Kier molecular flexibility index (Phi) is 5.79. The average molecular weight is 437 g/mol. The summed E-state index contributed by atoms with van der Waals surface area (Å²) in [5, 5.41) is 12.6. The molecule has 9 heteroatoms. The molecule has 0 saturated carbocycles. The Morgan fingerprint density at radius 2 is 1.46 bits per heavy atom. The Labute approximate surface area is 171 Å². The van der Waals surface area contributed by atoms with Crippen LogP contribution < -0.4 is 10.0 Å². The van der Waals surface area contributed by atoms with Crippen molar-refractivity contribution in [1.82, 2.24) is 0 Å². The van der Waals surface area contributed by atoms with Gasteiger partial charge in [-0.2, -0.15) is 0 Å². The third-order valence-electron chi connectivity index (χ3n) is 3.73. The highest BCUT2D eigenvalue weighted by Crippen LogP contribution is 2.26. The predicted molar refractivity (Wildman–Crippen MR) is 110 cm³/mol. The number of anilines is 2. The van der Waals surface area contributed by atoms with Gasteiger partial charge < -0.3 is 10.4 Å². The molecular formula is C19H14Cl2N2O4S. The number of hydrogen-bond donors (Lipinski definition) is 3. The van der Waals surface area contributed by atoms with Crippen LogP contribution in [0.3, 0.4) is 0 Å². The van der Waals surface area contributed by atoms with E-state index in [1.54, 1.807) is 24.3 Å². The topological polar surface area (TPSA) is 95.5 Å². The first kappa shape index (κ1) is 20.0. The van der Waals surface area contributed by atoms with E-state index in [1.165, 1.54) is 42.5 Å². The minimum atomic E-state index is -3.81. The molecule has 0 fully saturated rings. The van der Waals surface area contributed by atoms with E-state index in [4.69, 9.17) is 23.2 Å². The lowest BCUT2D eigenvalue weighted by molar-refractivity contribution is 0.102. The van der Waals surface area contributed by atoms with E-state index >= 15 is 0 Å². The van der Waals surface area contributed by atoms with Crippen molar-refractivity contribution in [3.05, 3.63) is 82.3 Å². The van der Waals surface area contributed by atoms with E-state index in [0.717, 1.165) is 0 Å². The summed E-state index contributed by atoms with van der Waals surface area (Å²) in [7, 11) is -3.81. The predicted octanol–water partition coefficient (Wildman–Crippen LogP) is 4.75. The van der Waals surface area contributed by atoms with Crippen LogP contribution in [0.25, 0.3) is 0 Å². The molecule has 0 aromatic heterocycles. The molecule has 0 heterocycles. The molecule has 3 rings (SSSR count). The van der Waals surface area contributed by atoms with Crippen molar-refractivity contribution in [3.63, 3.8) is 0 Å². The highest BCUT2D eigenvalue weighted by atomic mass is 35.5. The van der Waals surface area contributed by atoms with Crippen LogP contribution in [0.2, 0.25) is 10.0 Å². The lowest BCUT2D eigenvalue weighted by Crippen LogP contribution is -2.14. The molecule has 1 amide bonds. The number of phenols is 1. The molecule has 0 bridgehead atoms. The van der Waals surface area contributed by atoms with Gasteiger partial charge in [0.25, 0.3) is 15.9 Å². The molecule has 0 saturated heterocycles. The summed E-state index contributed by atoms with van der Waals surface area (Å²) in [5.74, 6) is -0.543. The van der Waals surface area contributed by atoms with Crippen LogP contribution in [-0.2, 0) is 10.0 Å². The number of carbonyl (C=O) groups is 1. The molecular weight excluding hydrogens is 423 g/mol. The molecule has 6 nitrogen and oxygen atoms in total. The third-order valence-corrected chi connectivity index (χ3v) is 5.68. The van der Waals surface area contributed by atoms with Crippen molar-refractivity contribution in [2.75, 3.05) is 10.0 Å². The van der Waals surface area contributed by atoms with Crippen LogP contribution in [0.15, 0.2) is 71.6 Å². The number of nitrogens with one attached hydrogen (secondary N) is 2. The van der Waals surface area contributed by atoms with Gasteiger partial charge in [-0.05, 0) is 66.7 Å². The number of carbonyl (C=O) groups excluding carboxylic acids is 1. The van der Waals surface area contributed by atoms with E-state index in [2.05, 4.69) is 10.0 Å². The summed E-state index contributed by atoms with van der Waals surface area (Å²) in [5.41, 5.74) is 1.03. The van der Waals surface area contributed by atoms with Gasteiger partial charge in [-0.15, -0.1) is 0 Å². The molecule has 28 heavy (non-hydrogen) atoms. The second-order valence-electron chi connectivity index (χ2n) is 5.76. The molecule has 144 valence electrons. The first-order valence-electron chi connectivity index (χ1n) is 7.93. The third kappa shape index (κ3) is 4.75. The minimum Gasteiger partial charge on any atom is -0.506 e. The highest BCUT2D eigenvalue weighted by molar-refractivity contribution is 7.92. The van der Waals surface area contributed by atoms with Crippen molar-refractivity contribution in [1.29, 1.82) is 0 Å². The van der Waals surface area contributed by atoms with Crippen molar-refractivity contribution >= 4 is 50.5 Å². The van der Waals surface area contributed by atoms with Crippen LogP contribution in [0.1, 0.15) is 10.4 Å². The first-order chi connectivity index (χ1) is 13.2. The van der Waals surface area contributed by atoms with Gasteiger partial charge in [0.05, 0.1) is 9.92 Å². The Morgan fingerprint density at radius 1 is 0.857 bits per heavy atom. The standard InChI is InChI=1S/C19H14Cl2N2O4S/c20-13-3-5-14(6-4-13)23-28(26,27)16-8-1-12(2-9-16)19(25)22-15-7-10-18(24)17(21)11-15/h1-11,23-24H,(H,22,25). The fourth-order valence-electron chi connectivity index (χ4n) is 2.31. The number of halogens is 2. The molecule has 3 N–H and O–H groups in total. The van der Waals surface area contributed by atoms with Crippen LogP contribution in [0.5, 0.6) is 5.75 Å². The highest BCUT2D eigenvalue weighted by Gasteiger charge is 2.15. The summed E-state index contributed by atoms with van der Waals surface area (Å²) in [4.78, 5) is 12.3. The van der Waals surface area contributed by atoms with E-state index in [0.29, 0.717) is 16.4 Å². The van der Waals surface area contributed by atoms with Gasteiger partial charge in [-0.1, -0.05) is 23.2 Å². The number of hydrogen-bond acceptors (Lipinski definition) is 4. The molecule has 0 aliphatic heterocycles. The summed E-state index contributed by atoms with van der Waals surface area (Å²) >= 11 is 11.6. The zero-order chi connectivity index (χ0) is 20.3. The van der Waals surface area contributed by atoms with E-state index in [-0.39, 0.29) is 21.2 Å². The molecule has 3 aromatic carbocycles. The average Bonchev–Trinajstić information content (AvgIpc) is 2.66. The number of sulfonamides is 1. The quantitative estimate of drug-likeness (QED) is 0.502.